The van der Waals surface area contributed by atoms with Crippen LogP contribution in [-0.4, -0.2) is 36.0 Å². The second-order valence-electron chi connectivity index (χ2n) is 4.99. The molecule has 2 aromatic rings. The number of aryl methyl sites for hydroxylation is 1. The topological polar surface area (TPSA) is 68.8 Å². The smallest absolute Gasteiger partial charge is 0.150 e. The predicted molar refractivity (Wildman–Crippen MR) is 72.0 cm³/mol. The van der Waals surface area contributed by atoms with Crippen molar-refractivity contribution in [2.75, 3.05) is 6.61 Å². The molecule has 6 heteroatoms. The average molecular weight is 263 g/mol. The normalized spacial score (nSPS) is 13.2. The largest absolute Gasteiger partial charge is 0.394 e. The van der Waals surface area contributed by atoms with E-state index in [4.69, 9.17) is 5.11 Å². The van der Waals surface area contributed by atoms with Crippen molar-refractivity contribution in [2.24, 2.45) is 0 Å². The molecular formula is C13H21N5O. The van der Waals surface area contributed by atoms with Crippen LogP contribution in [0, 0.1) is 6.92 Å². The molecule has 0 radical (unpaired) electrons. The molecular weight excluding hydrogens is 242 g/mol. The summed E-state index contributed by atoms with van der Waals surface area (Å²) < 4.78 is 3.88. The number of aliphatic hydroxyl groups excluding tert-OH is 1. The van der Waals surface area contributed by atoms with Crippen molar-refractivity contribution in [2.45, 2.75) is 46.2 Å². The molecule has 0 aliphatic heterocycles. The van der Waals surface area contributed by atoms with Crippen molar-refractivity contribution in [3.05, 3.63) is 29.9 Å². The molecule has 0 bridgehead atoms. The van der Waals surface area contributed by atoms with E-state index >= 15 is 0 Å². The molecule has 104 valence electrons. The van der Waals surface area contributed by atoms with E-state index in [9.17, 15) is 0 Å². The first-order valence-corrected chi connectivity index (χ1v) is 6.59. The van der Waals surface area contributed by atoms with Crippen LogP contribution in [0.5, 0.6) is 0 Å². The summed E-state index contributed by atoms with van der Waals surface area (Å²) in [7, 11) is 0. The minimum absolute atomic E-state index is 0.0487. The number of imidazole rings is 1. The van der Waals surface area contributed by atoms with Gasteiger partial charge in [-0.15, -0.1) is 0 Å². The van der Waals surface area contributed by atoms with Crippen LogP contribution in [-0.2, 0) is 6.54 Å². The third-order valence-electron chi connectivity index (χ3n) is 3.12. The Labute approximate surface area is 113 Å². The van der Waals surface area contributed by atoms with Gasteiger partial charge in [0.25, 0.3) is 0 Å². The summed E-state index contributed by atoms with van der Waals surface area (Å²) in [5.41, 5.74) is 0. The maximum atomic E-state index is 9.10. The molecule has 2 rings (SSSR count). The number of aromatic nitrogens is 5. The maximum Gasteiger partial charge on any atom is 0.150 e. The zero-order valence-electron chi connectivity index (χ0n) is 11.9. The third kappa shape index (κ3) is 2.68. The first-order chi connectivity index (χ1) is 9.04. The Morgan fingerprint density at radius 2 is 2.00 bits per heavy atom. The van der Waals surface area contributed by atoms with Crippen LogP contribution in [0.2, 0.25) is 0 Å². The van der Waals surface area contributed by atoms with Crippen LogP contribution in [0.25, 0.3) is 0 Å². The summed E-state index contributed by atoms with van der Waals surface area (Å²) >= 11 is 0. The molecule has 2 aromatic heterocycles. The van der Waals surface area contributed by atoms with Gasteiger partial charge in [-0.3, -0.25) is 0 Å². The van der Waals surface area contributed by atoms with Gasteiger partial charge < -0.3 is 9.67 Å². The van der Waals surface area contributed by atoms with E-state index in [1.54, 1.807) is 4.68 Å². The fourth-order valence-corrected chi connectivity index (χ4v) is 2.26. The summed E-state index contributed by atoms with van der Waals surface area (Å²) in [6, 6.07) is 0.0487. The van der Waals surface area contributed by atoms with Crippen molar-refractivity contribution in [3.63, 3.8) is 0 Å². The van der Waals surface area contributed by atoms with Crippen LogP contribution in [0.1, 0.15) is 50.2 Å². The number of hydrogen-bond donors (Lipinski definition) is 1. The lowest BCUT2D eigenvalue weighted by Crippen LogP contribution is -2.18. The minimum Gasteiger partial charge on any atom is -0.394 e. The first-order valence-electron chi connectivity index (χ1n) is 6.59. The van der Waals surface area contributed by atoms with Crippen molar-refractivity contribution >= 4 is 0 Å². The molecule has 6 nitrogen and oxygen atoms in total. The lowest BCUT2D eigenvalue weighted by atomic mass is 10.2. The number of rotatable bonds is 5. The van der Waals surface area contributed by atoms with E-state index in [0.717, 1.165) is 17.5 Å². The fraction of sp³-hybridized carbons (Fsp3) is 0.615. The molecule has 2 heterocycles. The standard InChI is InChI=1S/C13H21N5O/c1-9(2)12-14-5-6-17(12)10(3)13-15-11(4)16-18(13)7-8-19/h5-6,9-10,19H,7-8H2,1-4H3. The summed E-state index contributed by atoms with van der Waals surface area (Å²) in [6.07, 6.45) is 3.78. The summed E-state index contributed by atoms with van der Waals surface area (Å²) in [6.45, 7) is 8.70. The Hall–Kier alpha value is -1.69. The van der Waals surface area contributed by atoms with Gasteiger partial charge in [0.1, 0.15) is 17.5 Å². The van der Waals surface area contributed by atoms with Gasteiger partial charge in [0.2, 0.25) is 0 Å². The number of hydrogen-bond acceptors (Lipinski definition) is 4. The van der Waals surface area contributed by atoms with Gasteiger partial charge in [0.05, 0.1) is 19.2 Å². The van der Waals surface area contributed by atoms with Gasteiger partial charge in [-0.05, 0) is 13.8 Å². The monoisotopic (exact) mass is 263 g/mol. The molecule has 0 amide bonds. The molecule has 0 aliphatic rings. The van der Waals surface area contributed by atoms with Crippen molar-refractivity contribution < 1.29 is 5.11 Å². The van der Waals surface area contributed by atoms with E-state index < -0.39 is 0 Å². The summed E-state index contributed by atoms with van der Waals surface area (Å²) in [4.78, 5) is 8.88. The Bertz CT molecular complexity index is 543. The van der Waals surface area contributed by atoms with Crippen molar-refractivity contribution in [3.8, 4) is 0 Å². The van der Waals surface area contributed by atoms with E-state index in [1.807, 2.05) is 19.3 Å². The highest BCUT2D eigenvalue weighted by Crippen LogP contribution is 2.22. The van der Waals surface area contributed by atoms with Gasteiger partial charge in [-0.1, -0.05) is 13.8 Å². The van der Waals surface area contributed by atoms with Crippen molar-refractivity contribution in [1.82, 2.24) is 24.3 Å². The van der Waals surface area contributed by atoms with Gasteiger partial charge in [-0.25, -0.2) is 14.6 Å². The van der Waals surface area contributed by atoms with Gasteiger partial charge in [0.15, 0.2) is 0 Å². The maximum absolute atomic E-state index is 9.10. The molecule has 0 spiro atoms. The Morgan fingerprint density at radius 1 is 1.26 bits per heavy atom. The van der Waals surface area contributed by atoms with E-state index in [-0.39, 0.29) is 12.6 Å². The molecule has 0 saturated heterocycles. The SMILES string of the molecule is Cc1nc(C(C)n2ccnc2C(C)C)n(CCO)n1. The molecule has 1 N–H and O–H groups in total. The molecule has 1 unspecified atom stereocenters. The molecule has 0 aliphatic carbocycles. The highest BCUT2D eigenvalue weighted by atomic mass is 16.3. The van der Waals surface area contributed by atoms with E-state index in [0.29, 0.717) is 12.5 Å². The molecule has 0 saturated carbocycles. The lowest BCUT2D eigenvalue weighted by Gasteiger charge is -2.18. The predicted octanol–water partition coefficient (Wildman–Crippen LogP) is 1.51. The Morgan fingerprint density at radius 3 is 2.63 bits per heavy atom. The Kier molecular flexibility index (Phi) is 3.99. The summed E-state index contributed by atoms with van der Waals surface area (Å²) in [5, 5.41) is 13.4. The Balaban J connectivity index is 2.38. The van der Waals surface area contributed by atoms with Gasteiger partial charge in [0, 0.05) is 18.3 Å². The van der Waals surface area contributed by atoms with Crippen LogP contribution >= 0.6 is 0 Å². The fourth-order valence-electron chi connectivity index (χ4n) is 2.26. The van der Waals surface area contributed by atoms with Crippen LogP contribution in [0.3, 0.4) is 0 Å². The third-order valence-corrected chi connectivity index (χ3v) is 3.12. The van der Waals surface area contributed by atoms with Gasteiger partial charge in [-0.2, -0.15) is 5.10 Å². The molecule has 19 heavy (non-hydrogen) atoms. The highest BCUT2D eigenvalue weighted by molar-refractivity contribution is 5.07. The van der Waals surface area contributed by atoms with Crippen LogP contribution in [0.4, 0.5) is 0 Å². The quantitative estimate of drug-likeness (QED) is 0.887. The average Bonchev–Trinajstić information content (AvgIpc) is 2.95. The zero-order valence-corrected chi connectivity index (χ0v) is 11.9. The number of nitrogens with zero attached hydrogens (tertiary/aromatic N) is 5. The lowest BCUT2D eigenvalue weighted by molar-refractivity contribution is 0.264. The molecule has 0 aromatic carbocycles. The minimum atomic E-state index is 0.0487. The second-order valence-corrected chi connectivity index (χ2v) is 4.99. The van der Waals surface area contributed by atoms with E-state index in [2.05, 4.69) is 40.4 Å². The second kappa shape index (κ2) is 5.52. The highest BCUT2D eigenvalue weighted by Gasteiger charge is 2.19. The molecule has 0 fully saturated rings. The first kappa shape index (κ1) is 13.7. The summed E-state index contributed by atoms with van der Waals surface area (Å²) in [5.74, 6) is 2.96. The van der Waals surface area contributed by atoms with Crippen molar-refractivity contribution in [1.29, 1.82) is 0 Å². The van der Waals surface area contributed by atoms with E-state index in [1.165, 1.54) is 0 Å². The number of aliphatic hydroxyl groups is 1. The molecule has 1 atom stereocenters. The zero-order chi connectivity index (χ0) is 14.0. The van der Waals surface area contributed by atoms with Crippen LogP contribution in [0.15, 0.2) is 12.4 Å². The van der Waals surface area contributed by atoms with Gasteiger partial charge >= 0.3 is 0 Å². The van der Waals surface area contributed by atoms with Crippen LogP contribution < -0.4 is 0 Å².